The van der Waals surface area contributed by atoms with Gasteiger partial charge in [0.25, 0.3) is 5.91 Å². The maximum Gasteiger partial charge on any atom is 0.255 e. The predicted octanol–water partition coefficient (Wildman–Crippen LogP) is 4.23. The van der Waals surface area contributed by atoms with Gasteiger partial charge in [-0.25, -0.2) is 0 Å². The van der Waals surface area contributed by atoms with E-state index >= 15 is 0 Å². The summed E-state index contributed by atoms with van der Waals surface area (Å²) in [6, 6.07) is 15.0. The SMILES string of the molecule is O=C(Nc1cccc2ccncc12)c1cccc(CCl)c1. The lowest BCUT2D eigenvalue weighted by molar-refractivity contribution is 0.102. The van der Waals surface area contributed by atoms with Gasteiger partial charge in [0.1, 0.15) is 0 Å². The molecule has 0 fully saturated rings. The molecule has 0 radical (unpaired) electrons. The van der Waals surface area contributed by atoms with Crippen LogP contribution in [0.2, 0.25) is 0 Å². The van der Waals surface area contributed by atoms with Crippen molar-refractivity contribution in [2.45, 2.75) is 5.88 Å². The second kappa shape index (κ2) is 5.94. The molecule has 0 bridgehead atoms. The van der Waals surface area contributed by atoms with Crippen LogP contribution in [0.15, 0.2) is 60.9 Å². The van der Waals surface area contributed by atoms with E-state index in [1.54, 1.807) is 24.5 Å². The van der Waals surface area contributed by atoms with Crippen LogP contribution >= 0.6 is 11.6 Å². The van der Waals surface area contributed by atoms with Crippen LogP contribution in [0.5, 0.6) is 0 Å². The standard InChI is InChI=1S/C17H13ClN2O/c18-10-12-3-1-5-14(9-12)17(21)20-16-6-2-4-13-7-8-19-11-15(13)16/h1-9,11H,10H2,(H,20,21). The van der Waals surface area contributed by atoms with Gasteiger partial charge in [-0.2, -0.15) is 0 Å². The first-order chi connectivity index (χ1) is 10.3. The Morgan fingerprint density at radius 1 is 1.14 bits per heavy atom. The molecule has 0 atom stereocenters. The van der Waals surface area contributed by atoms with Gasteiger partial charge in [0, 0.05) is 29.2 Å². The number of benzene rings is 2. The van der Waals surface area contributed by atoms with Crippen LogP contribution < -0.4 is 5.32 Å². The minimum Gasteiger partial charge on any atom is -0.321 e. The number of hydrogen-bond acceptors (Lipinski definition) is 2. The summed E-state index contributed by atoms with van der Waals surface area (Å²) in [6.45, 7) is 0. The Kier molecular flexibility index (Phi) is 3.84. The number of anilines is 1. The molecule has 3 rings (SSSR count). The Morgan fingerprint density at radius 3 is 2.86 bits per heavy atom. The molecule has 0 saturated heterocycles. The lowest BCUT2D eigenvalue weighted by Gasteiger charge is -2.09. The number of amides is 1. The molecule has 0 saturated carbocycles. The first-order valence-corrected chi connectivity index (χ1v) is 7.10. The fourth-order valence-corrected chi connectivity index (χ4v) is 2.38. The number of rotatable bonds is 3. The van der Waals surface area contributed by atoms with Gasteiger partial charge >= 0.3 is 0 Å². The van der Waals surface area contributed by atoms with E-state index in [4.69, 9.17) is 11.6 Å². The van der Waals surface area contributed by atoms with Crippen LogP contribution in [0.1, 0.15) is 15.9 Å². The molecule has 1 heterocycles. The molecule has 0 unspecified atom stereocenters. The Balaban J connectivity index is 1.93. The highest BCUT2D eigenvalue weighted by Crippen LogP contribution is 2.22. The molecule has 0 aliphatic heterocycles. The van der Waals surface area contributed by atoms with E-state index in [-0.39, 0.29) is 5.91 Å². The van der Waals surface area contributed by atoms with Gasteiger partial charge in [-0.3, -0.25) is 9.78 Å². The van der Waals surface area contributed by atoms with Crippen molar-refractivity contribution in [1.29, 1.82) is 0 Å². The molecule has 1 amide bonds. The molecule has 2 aromatic carbocycles. The van der Waals surface area contributed by atoms with E-state index in [0.29, 0.717) is 11.4 Å². The Hall–Kier alpha value is -2.39. The van der Waals surface area contributed by atoms with Gasteiger partial charge in [-0.1, -0.05) is 24.3 Å². The van der Waals surface area contributed by atoms with E-state index in [1.807, 2.05) is 36.4 Å². The molecule has 104 valence electrons. The molecule has 21 heavy (non-hydrogen) atoms. The first kappa shape index (κ1) is 13.6. The third-order valence-corrected chi connectivity index (χ3v) is 3.58. The number of fused-ring (bicyclic) bond motifs is 1. The van der Waals surface area contributed by atoms with Crippen LogP contribution in [0.25, 0.3) is 10.8 Å². The number of halogens is 1. The maximum absolute atomic E-state index is 12.4. The lowest BCUT2D eigenvalue weighted by Crippen LogP contribution is -2.12. The van der Waals surface area contributed by atoms with E-state index in [9.17, 15) is 4.79 Å². The third-order valence-electron chi connectivity index (χ3n) is 3.28. The summed E-state index contributed by atoms with van der Waals surface area (Å²) in [5.74, 6) is 0.234. The average Bonchev–Trinajstić information content (AvgIpc) is 2.55. The summed E-state index contributed by atoms with van der Waals surface area (Å²) in [4.78, 5) is 16.5. The predicted molar refractivity (Wildman–Crippen MR) is 85.7 cm³/mol. The number of alkyl halides is 1. The van der Waals surface area contributed by atoms with Gasteiger partial charge in [0.15, 0.2) is 0 Å². The molecular formula is C17H13ClN2O. The summed E-state index contributed by atoms with van der Waals surface area (Å²) in [6.07, 6.45) is 3.48. The number of carbonyl (C=O) groups is 1. The fraction of sp³-hybridized carbons (Fsp3) is 0.0588. The minimum atomic E-state index is -0.154. The van der Waals surface area contributed by atoms with Crippen molar-refractivity contribution in [1.82, 2.24) is 4.98 Å². The lowest BCUT2D eigenvalue weighted by atomic mass is 10.1. The van der Waals surface area contributed by atoms with Crippen LogP contribution in [-0.4, -0.2) is 10.9 Å². The van der Waals surface area contributed by atoms with Gasteiger partial charge in [-0.15, -0.1) is 11.6 Å². The fourth-order valence-electron chi connectivity index (χ4n) is 2.21. The second-order valence-electron chi connectivity index (χ2n) is 4.69. The monoisotopic (exact) mass is 296 g/mol. The van der Waals surface area contributed by atoms with Gasteiger partial charge in [0.05, 0.1) is 5.69 Å². The molecule has 3 nitrogen and oxygen atoms in total. The number of aromatic nitrogens is 1. The van der Waals surface area contributed by atoms with Gasteiger partial charge in [-0.05, 0) is 35.2 Å². The molecule has 0 aliphatic carbocycles. The average molecular weight is 297 g/mol. The summed E-state index contributed by atoms with van der Waals surface area (Å²) in [5, 5.41) is 4.89. The summed E-state index contributed by atoms with van der Waals surface area (Å²) < 4.78 is 0. The third kappa shape index (κ3) is 2.88. The van der Waals surface area contributed by atoms with Crippen molar-refractivity contribution in [3.8, 4) is 0 Å². The topological polar surface area (TPSA) is 42.0 Å². The van der Waals surface area contributed by atoms with Crippen molar-refractivity contribution in [2.24, 2.45) is 0 Å². The van der Waals surface area contributed by atoms with Crippen molar-refractivity contribution in [3.05, 3.63) is 72.1 Å². The molecular weight excluding hydrogens is 284 g/mol. The molecule has 0 aliphatic rings. The largest absolute Gasteiger partial charge is 0.321 e. The molecule has 4 heteroatoms. The van der Waals surface area contributed by atoms with Crippen molar-refractivity contribution >= 4 is 34.0 Å². The van der Waals surface area contributed by atoms with E-state index in [0.717, 1.165) is 22.0 Å². The zero-order valence-corrected chi connectivity index (χ0v) is 12.0. The zero-order valence-electron chi connectivity index (χ0n) is 11.2. The van der Waals surface area contributed by atoms with Crippen LogP contribution in [0, 0.1) is 0 Å². The summed E-state index contributed by atoms with van der Waals surface area (Å²) in [5.41, 5.74) is 2.26. The van der Waals surface area contributed by atoms with Crippen molar-refractivity contribution < 1.29 is 4.79 Å². The second-order valence-corrected chi connectivity index (χ2v) is 4.96. The Bertz CT molecular complexity index is 796. The molecule has 1 aromatic heterocycles. The van der Waals surface area contributed by atoms with E-state index in [2.05, 4.69) is 10.3 Å². The molecule has 0 spiro atoms. The zero-order chi connectivity index (χ0) is 14.7. The smallest absolute Gasteiger partial charge is 0.255 e. The van der Waals surface area contributed by atoms with Gasteiger partial charge in [0.2, 0.25) is 0 Å². The minimum absolute atomic E-state index is 0.154. The van der Waals surface area contributed by atoms with E-state index in [1.165, 1.54) is 0 Å². The Labute approximate surface area is 127 Å². The van der Waals surface area contributed by atoms with Gasteiger partial charge < -0.3 is 5.32 Å². The highest BCUT2D eigenvalue weighted by molar-refractivity contribution is 6.17. The number of hydrogen-bond donors (Lipinski definition) is 1. The summed E-state index contributed by atoms with van der Waals surface area (Å²) >= 11 is 5.80. The Morgan fingerprint density at radius 2 is 2.00 bits per heavy atom. The van der Waals surface area contributed by atoms with E-state index < -0.39 is 0 Å². The number of carbonyl (C=O) groups excluding carboxylic acids is 1. The van der Waals surface area contributed by atoms with Crippen LogP contribution in [0.4, 0.5) is 5.69 Å². The van der Waals surface area contributed by atoms with Crippen molar-refractivity contribution in [3.63, 3.8) is 0 Å². The van der Waals surface area contributed by atoms with Crippen molar-refractivity contribution in [2.75, 3.05) is 5.32 Å². The van der Waals surface area contributed by atoms with Crippen LogP contribution in [-0.2, 0) is 5.88 Å². The quantitative estimate of drug-likeness (QED) is 0.735. The normalized spacial score (nSPS) is 10.5. The molecule has 3 aromatic rings. The number of nitrogens with one attached hydrogen (secondary N) is 1. The number of pyridine rings is 1. The molecule has 1 N–H and O–H groups in total. The first-order valence-electron chi connectivity index (χ1n) is 6.57. The summed E-state index contributed by atoms with van der Waals surface area (Å²) in [7, 11) is 0. The highest BCUT2D eigenvalue weighted by Gasteiger charge is 2.08. The highest BCUT2D eigenvalue weighted by atomic mass is 35.5. The van der Waals surface area contributed by atoms with Crippen LogP contribution in [0.3, 0.4) is 0 Å². The maximum atomic E-state index is 12.4. The number of nitrogens with zero attached hydrogens (tertiary/aromatic N) is 1.